The molecular weight excluding hydrogens is 204 g/mol. The highest BCUT2D eigenvalue weighted by Gasteiger charge is 2.20. The van der Waals surface area contributed by atoms with Gasteiger partial charge in [-0.05, 0) is 14.1 Å². The zero-order chi connectivity index (χ0) is 12.3. The van der Waals surface area contributed by atoms with E-state index in [1.165, 1.54) is 0 Å². The van der Waals surface area contributed by atoms with E-state index in [-0.39, 0.29) is 17.6 Å². The van der Waals surface area contributed by atoms with Crippen molar-refractivity contribution in [3.05, 3.63) is 17.8 Å². The third kappa shape index (κ3) is 3.77. The molecule has 0 atom stereocenters. The Bertz CT molecular complexity index is 361. The summed E-state index contributed by atoms with van der Waals surface area (Å²) >= 11 is 0. The molecule has 0 aliphatic carbocycles. The van der Waals surface area contributed by atoms with Crippen molar-refractivity contribution in [1.82, 2.24) is 9.88 Å². The number of likely N-dealkylation sites (N-methyl/N-ethyl adjacent to an activating group) is 1. The van der Waals surface area contributed by atoms with Crippen LogP contribution in [0.3, 0.4) is 0 Å². The summed E-state index contributed by atoms with van der Waals surface area (Å²) in [5.74, 6) is 1.45. The molecule has 1 aromatic rings. The molecule has 0 radical (unpaired) electrons. The van der Waals surface area contributed by atoms with Crippen molar-refractivity contribution in [1.29, 1.82) is 0 Å². The van der Waals surface area contributed by atoms with E-state index < -0.39 is 0 Å². The van der Waals surface area contributed by atoms with E-state index in [9.17, 15) is 4.79 Å². The SMILES string of the molecule is CN(C)CC(=O)Cc1ncc(C(C)(C)C)o1. The van der Waals surface area contributed by atoms with Crippen LogP contribution in [-0.2, 0) is 16.6 Å². The van der Waals surface area contributed by atoms with Crippen LogP contribution in [0.2, 0.25) is 0 Å². The number of ketones is 1. The molecule has 0 aliphatic rings. The Morgan fingerprint density at radius 2 is 2.06 bits per heavy atom. The topological polar surface area (TPSA) is 46.3 Å². The molecule has 0 aliphatic heterocycles. The van der Waals surface area contributed by atoms with Crippen molar-refractivity contribution in [3.63, 3.8) is 0 Å². The second-order valence-corrected chi connectivity index (χ2v) is 5.32. The van der Waals surface area contributed by atoms with Gasteiger partial charge in [0, 0.05) is 5.41 Å². The molecule has 0 N–H and O–H groups in total. The summed E-state index contributed by atoms with van der Waals surface area (Å²) in [6, 6.07) is 0. The van der Waals surface area contributed by atoms with Gasteiger partial charge >= 0.3 is 0 Å². The Labute approximate surface area is 96.7 Å². The van der Waals surface area contributed by atoms with Crippen molar-refractivity contribution >= 4 is 5.78 Å². The minimum Gasteiger partial charge on any atom is -0.445 e. The molecule has 0 unspecified atom stereocenters. The van der Waals surface area contributed by atoms with Crippen LogP contribution in [-0.4, -0.2) is 36.3 Å². The van der Waals surface area contributed by atoms with Crippen molar-refractivity contribution in [3.8, 4) is 0 Å². The van der Waals surface area contributed by atoms with Crippen LogP contribution in [0.25, 0.3) is 0 Å². The van der Waals surface area contributed by atoms with E-state index in [1.807, 2.05) is 19.0 Å². The first-order valence-electron chi connectivity index (χ1n) is 5.40. The number of nitrogens with zero attached hydrogens (tertiary/aromatic N) is 2. The van der Waals surface area contributed by atoms with E-state index >= 15 is 0 Å². The lowest BCUT2D eigenvalue weighted by molar-refractivity contribution is -0.119. The monoisotopic (exact) mass is 224 g/mol. The third-order valence-electron chi connectivity index (χ3n) is 2.13. The van der Waals surface area contributed by atoms with Gasteiger partial charge in [-0.3, -0.25) is 4.79 Å². The summed E-state index contributed by atoms with van der Waals surface area (Å²) in [7, 11) is 3.74. The molecule has 0 saturated heterocycles. The van der Waals surface area contributed by atoms with Crippen molar-refractivity contribution in [2.24, 2.45) is 0 Å². The van der Waals surface area contributed by atoms with Crippen LogP contribution in [0.5, 0.6) is 0 Å². The smallest absolute Gasteiger partial charge is 0.201 e. The van der Waals surface area contributed by atoms with Crippen molar-refractivity contribution < 1.29 is 9.21 Å². The van der Waals surface area contributed by atoms with Gasteiger partial charge in [0.1, 0.15) is 5.76 Å². The molecule has 1 rings (SSSR count). The van der Waals surface area contributed by atoms with Gasteiger partial charge in [0.05, 0.1) is 19.2 Å². The maximum absolute atomic E-state index is 11.5. The molecule has 4 nitrogen and oxygen atoms in total. The summed E-state index contributed by atoms with van der Waals surface area (Å²) in [4.78, 5) is 17.5. The van der Waals surface area contributed by atoms with E-state index in [4.69, 9.17) is 4.42 Å². The van der Waals surface area contributed by atoms with Gasteiger partial charge in [-0.25, -0.2) is 4.98 Å². The second-order valence-electron chi connectivity index (χ2n) is 5.32. The summed E-state index contributed by atoms with van der Waals surface area (Å²) in [6.07, 6.45) is 1.98. The Morgan fingerprint density at radius 3 is 2.50 bits per heavy atom. The van der Waals surface area contributed by atoms with Gasteiger partial charge in [0.2, 0.25) is 5.89 Å². The lowest BCUT2D eigenvalue weighted by Gasteiger charge is -2.13. The minimum absolute atomic E-state index is 0.0597. The Kier molecular flexibility index (Phi) is 3.86. The third-order valence-corrected chi connectivity index (χ3v) is 2.13. The molecule has 0 fully saturated rings. The Hall–Kier alpha value is -1.16. The number of aromatic nitrogens is 1. The van der Waals surface area contributed by atoms with Gasteiger partial charge < -0.3 is 9.32 Å². The minimum atomic E-state index is -0.0597. The lowest BCUT2D eigenvalue weighted by Crippen LogP contribution is -2.23. The largest absolute Gasteiger partial charge is 0.445 e. The molecule has 0 bridgehead atoms. The number of hydrogen-bond donors (Lipinski definition) is 0. The molecule has 0 spiro atoms. The van der Waals surface area contributed by atoms with Crippen LogP contribution in [0.1, 0.15) is 32.4 Å². The fourth-order valence-corrected chi connectivity index (χ4v) is 1.32. The van der Waals surface area contributed by atoms with Crippen molar-refractivity contribution in [2.75, 3.05) is 20.6 Å². The fourth-order valence-electron chi connectivity index (χ4n) is 1.32. The predicted octanol–water partition coefficient (Wildman–Crippen LogP) is 1.65. The molecule has 1 aromatic heterocycles. The molecule has 0 amide bonds. The molecule has 90 valence electrons. The standard InChI is InChI=1S/C12H20N2O2/c1-12(2,3)10-7-13-11(16-10)6-9(15)8-14(4)5/h7H,6,8H2,1-5H3. The van der Waals surface area contributed by atoms with Gasteiger partial charge in [-0.15, -0.1) is 0 Å². The number of rotatable bonds is 4. The average molecular weight is 224 g/mol. The Morgan fingerprint density at radius 1 is 1.44 bits per heavy atom. The summed E-state index contributed by atoms with van der Waals surface area (Å²) < 4.78 is 5.55. The van der Waals surface area contributed by atoms with Crippen LogP contribution in [0, 0.1) is 0 Å². The molecular formula is C12H20N2O2. The molecule has 0 aromatic carbocycles. The zero-order valence-corrected chi connectivity index (χ0v) is 10.7. The predicted molar refractivity (Wildman–Crippen MR) is 62.5 cm³/mol. The summed E-state index contributed by atoms with van der Waals surface area (Å²) in [5.41, 5.74) is -0.0597. The zero-order valence-electron chi connectivity index (χ0n) is 10.7. The van der Waals surface area contributed by atoms with Crippen LogP contribution >= 0.6 is 0 Å². The number of carbonyl (C=O) groups is 1. The Balaban J connectivity index is 2.62. The van der Waals surface area contributed by atoms with E-state index in [2.05, 4.69) is 25.8 Å². The van der Waals surface area contributed by atoms with Gasteiger partial charge in [0.15, 0.2) is 5.78 Å². The van der Waals surface area contributed by atoms with Crippen molar-refractivity contribution in [2.45, 2.75) is 32.6 Å². The maximum Gasteiger partial charge on any atom is 0.201 e. The highest BCUT2D eigenvalue weighted by atomic mass is 16.4. The fraction of sp³-hybridized carbons (Fsp3) is 0.667. The maximum atomic E-state index is 11.5. The first-order valence-corrected chi connectivity index (χ1v) is 5.40. The first-order chi connectivity index (χ1) is 7.29. The normalized spacial score (nSPS) is 12.1. The molecule has 16 heavy (non-hydrogen) atoms. The molecule has 1 heterocycles. The van der Waals surface area contributed by atoms with E-state index in [0.29, 0.717) is 12.4 Å². The lowest BCUT2D eigenvalue weighted by atomic mass is 9.94. The van der Waals surface area contributed by atoms with Crippen LogP contribution < -0.4 is 0 Å². The quantitative estimate of drug-likeness (QED) is 0.780. The van der Waals surface area contributed by atoms with Crippen LogP contribution in [0.4, 0.5) is 0 Å². The number of carbonyl (C=O) groups excluding carboxylic acids is 1. The summed E-state index contributed by atoms with van der Waals surface area (Å²) in [6.45, 7) is 6.59. The number of oxazole rings is 1. The van der Waals surface area contributed by atoms with Crippen LogP contribution in [0.15, 0.2) is 10.6 Å². The second kappa shape index (κ2) is 4.78. The van der Waals surface area contributed by atoms with E-state index in [1.54, 1.807) is 6.20 Å². The highest BCUT2D eigenvalue weighted by molar-refractivity contribution is 5.81. The molecule has 4 heteroatoms. The average Bonchev–Trinajstić information content (AvgIpc) is 2.49. The van der Waals surface area contributed by atoms with Gasteiger partial charge in [-0.1, -0.05) is 20.8 Å². The number of hydrogen-bond acceptors (Lipinski definition) is 4. The van der Waals surface area contributed by atoms with E-state index in [0.717, 1.165) is 5.76 Å². The number of Topliss-reactive ketones (excluding diaryl/α,β-unsaturated/α-hetero) is 1. The summed E-state index contributed by atoms with van der Waals surface area (Å²) in [5, 5.41) is 0. The van der Waals surface area contributed by atoms with Gasteiger partial charge in [0.25, 0.3) is 0 Å². The first kappa shape index (κ1) is 12.9. The highest BCUT2D eigenvalue weighted by Crippen LogP contribution is 2.22. The van der Waals surface area contributed by atoms with Gasteiger partial charge in [-0.2, -0.15) is 0 Å². The molecule has 0 saturated carbocycles.